The Morgan fingerprint density at radius 3 is 2.82 bits per heavy atom. The summed E-state index contributed by atoms with van der Waals surface area (Å²) in [6.45, 7) is 6.65. The van der Waals surface area contributed by atoms with Gasteiger partial charge in [0.25, 0.3) is 0 Å². The molecular formula is C12H18N2O3. The summed E-state index contributed by atoms with van der Waals surface area (Å²) in [5, 5.41) is 0. The number of rotatable bonds is 5. The number of ether oxygens (including phenoxy) is 2. The molecule has 1 aromatic heterocycles. The van der Waals surface area contributed by atoms with Crippen molar-refractivity contribution in [3.63, 3.8) is 0 Å². The van der Waals surface area contributed by atoms with Gasteiger partial charge in [-0.15, -0.1) is 0 Å². The molecule has 0 aliphatic carbocycles. The lowest BCUT2D eigenvalue weighted by atomic mass is 10.2. The number of anilines is 1. The Labute approximate surface area is 101 Å². The molecule has 1 rings (SSSR count). The number of pyridine rings is 1. The van der Waals surface area contributed by atoms with Crippen LogP contribution in [0.25, 0.3) is 0 Å². The molecule has 17 heavy (non-hydrogen) atoms. The zero-order chi connectivity index (χ0) is 12.8. The molecule has 0 saturated carbocycles. The van der Waals surface area contributed by atoms with Crippen molar-refractivity contribution in [2.75, 3.05) is 18.9 Å². The van der Waals surface area contributed by atoms with E-state index in [0.29, 0.717) is 36.3 Å². The van der Waals surface area contributed by atoms with E-state index in [2.05, 4.69) is 4.98 Å². The summed E-state index contributed by atoms with van der Waals surface area (Å²) in [4.78, 5) is 15.6. The Hall–Kier alpha value is -1.78. The lowest BCUT2D eigenvalue weighted by Gasteiger charge is -2.10. The summed E-state index contributed by atoms with van der Waals surface area (Å²) >= 11 is 0. The van der Waals surface area contributed by atoms with E-state index in [4.69, 9.17) is 15.2 Å². The van der Waals surface area contributed by atoms with E-state index < -0.39 is 5.97 Å². The fourth-order valence-corrected chi connectivity index (χ4v) is 1.16. The number of hydrogen-bond donors (Lipinski definition) is 1. The van der Waals surface area contributed by atoms with Crippen molar-refractivity contribution in [1.29, 1.82) is 0 Å². The summed E-state index contributed by atoms with van der Waals surface area (Å²) in [7, 11) is 0. The van der Waals surface area contributed by atoms with Gasteiger partial charge in [0.05, 0.1) is 30.7 Å². The van der Waals surface area contributed by atoms with Gasteiger partial charge < -0.3 is 15.2 Å². The Bertz CT molecular complexity index is 391. The predicted molar refractivity (Wildman–Crippen MR) is 64.9 cm³/mol. The normalized spacial score (nSPS) is 10.4. The minimum absolute atomic E-state index is 0.292. The third kappa shape index (κ3) is 3.94. The topological polar surface area (TPSA) is 74.4 Å². The standard InChI is InChI=1S/C12H18N2O3/c1-4-16-12(15)9-5-11(14-6-10(9)13)17-7-8(2)3/h5-6,8H,4,7,13H2,1-3H3. The second-order valence-corrected chi connectivity index (χ2v) is 4.04. The number of carbonyl (C=O) groups excluding carboxylic acids is 1. The van der Waals surface area contributed by atoms with Gasteiger partial charge in [-0.3, -0.25) is 0 Å². The van der Waals surface area contributed by atoms with Crippen LogP contribution >= 0.6 is 0 Å². The molecule has 0 spiro atoms. The van der Waals surface area contributed by atoms with E-state index in [9.17, 15) is 4.79 Å². The van der Waals surface area contributed by atoms with Crippen LogP contribution in [-0.4, -0.2) is 24.2 Å². The molecule has 0 fully saturated rings. The molecule has 0 amide bonds. The van der Waals surface area contributed by atoms with Gasteiger partial charge in [0.15, 0.2) is 0 Å². The zero-order valence-electron chi connectivity index (χ0n) is 10.4. The number of hydrogen-bond acceptors (Lipinski definition) is 5. The van der Waals surface area contributed by atoms with Gasteiger partial charge in [-0.05, 0) is 12.8 Å². The molecule has 5 nitrogen and oxygen atoms in total. The fraction of sp³-hybridized carbons (Fsp3) is 0.500. The SMILES string of the molecule is CCOC(=O)c1cc(OCC(C)C)ncc1N. The van der Waals surface area contributed by atoms with Crippen molar-refractivity contribution in [1.82, 2.24) is 4.98 Å². The monoisotopic (exact) mass is 238 g/mol. The van der Waals surface area contributed by atoms with Crippen LogP contribution in [0.2, 0.25) is 0 Å². The first-order chi connectivity index (χ1) is 8.04. The average molecular weight is 238 g/mol. The van der Waals surface area contributed by atoms with Crippen molar-refractivity contribution in [2.24, 2.45) is 5.92 Å². The second kappa shape index (κ2) is 6.08. The maximum Gasteiger partial charge on any atom is 0.340 e. The van der Waals surface area contributed by atoms with E-state index in [1.807, 2.05) is 13.8 Å². The van der Waals surface area contributed by atoms with Gasteiger partial charge >= 0.3 is 5.97 Å². The summed E-state index contributed by atoms with van der Waals surface area (Å²) in [5.41, 5.74) is 6.24. The number of esters is 1. The number of nitrogens with two attached hydrogens (primary N) is 1. The molecule has 0 bridgehead atoms. The van der Waals surface area contributed by atoms with Crippen LogP contribution in [0.3, 0.4) is 0 Å². The summed E-state index contributed by atoms with van der Waals surface area (Å²) in [6.07, 6.45) is 1.40. The summed E-state index contributed by atoms with van der Waals surface area (Å²) < 4.78 is 10.3. The van der Waals surface area contributed by atoms with Gasteiger partial charge in [0, 0.05) is 6.07 Å². The lowest BCUT2D eigenvalue weighted by molar-refractivity contribution is 0.0527. The van der Waals surface area contributed by atoms with Crippen LogP contribution in [0, 0.1) is 5.92 Å². The number of nitrogens with zero attached hydrogens (tertiary/aromatic N) is 1. The molecule has 0 radical (unpaired) electrons. The molecule has 1 aromatic rings. The number of carbonyl (C=O) groups is 1. The number of aromatic nitrogens is 1. The van der Waals surface area contributed by atoms with Crippen molar-refractivity contribution in [3.05, 3.63) is 17.8 Å². The molecule has 0 atom stereocenters. The first-order valence-electron chi connectivity index (χ1n) is 5.60. The summed E-state index contributed by atoms with van der Waals surface area (Å²) in [6, 6.07) is 1.51. The van der Waals surface area contributed by atoms with Crippen LogP contribution in [0.15, 0.2) is 12.3 Å². The molecule has 0 aromatic carbocycles. The highest BCUT2D eigenvalue weighted by Crippen LogP contribution is 2.18. The molecule has 0 saturated heterocycles. The lowest BCUT2D eigenvalue weighted by Crippen LogP contribution is -2.11. The first kappa shape index (κ1) is 13.3. The van der Waals surface area contributed by atoms with Crippen LogP contribution < -0.4 is 10.5 Å². The molecule has 2 N–H and O–H groups in total. The highest BCUT2D eigenvalue weighted by Gasteiger charge is 2.13. The third-order valence-electron chi connectivity index (χ3n) is 1.97. The first-order valence-corrected chi connectivity index (χ1v) is 5.60. The molecule has 0 unspecified atom stereocenters. The molecule has 0 aliphatic rings. The maximum atomic E-state index is 11.6. The highest BCUT2D eigenvalue weighted by molar-refractivity contribution is 5.95. The molecule has 5 heteroatoms. The molecule has 1 heterocycles. The van der Waals surface area contributed by atoms with Crippen molar-refractivity contribution < 1.29 is 14.3 Å². The van der Waals surface area contributed by atoms with E-state index in [0.717, 1.165) is 0 Å². The van der Waals surface area contributed by atoms with Crippen LogP contribution in [-0.2, 0) is 4.74 Å². The maximum absolute atomic E-state index is 11.6. The zero-order valence-corrected chi connectivity index (χ0v) is 10.4. The minimum atomic E-state index is -0.457. The van der Waals surface area contributed by atoms with Crippen LogP contribution in [0.5, 0.6) is 5.88 Å². The smallest absolute Gasteiger partial charge is 0.340 e. The van der Waals surface area contributed by atoms with E-state index in [-0.39, 0.29) is 0 Å². The molecule has 0 aliphatic heterocycles. The second-order valence-electron chi connectivity index (χ2n) is 4.04. The quantitative estimate of drug-likeness (QED) is 0.793. The third-order valence-corrected chi connectivity index (χ3v) is 1.97. The van der Waals surface area contributed by atoms with E-state index in [1.54, 1.807) is 6.92 Å². The van der Waals surface area contributed by atoms with Crippen LogP contribution in [0.1, 0.15) is 31.1 Å². The number of nitrogen functional groups attached to an aromatic ring is 1. The van der Waals surface area contributed by atoms with Crippen molar-refractivity contribution >= 4 is 11.7 Å². The Morgan fingerprint density at radius 1 is 1.53 bits per heavy atom. The van der Waals surface area contributed by atoms with Crippen molar-refractivity contribution in [3.8, 4) is 5.88 Å². The average Bonchev–Trinajstić information content (AvgIpc) is 2.28. The molecule has 94 valence electrons. The highest BCUT2D eigenvalue weighted by atomic mass is 16.5. The Balaban J connectivity index is 2.82. The van der Waals surface area contributed by atoms with Gasteiger partial charge in [-0.2, -0.15) is 0 Å². The summed E-state index contributed by atoms with van der Waals surface area (Å²) in [5.74, 6) is 0.318. The van der Waals surface area contributed by atoms with Crippen LogP contribution in [0.4, 0.5) is 5.69 Å². The van der Waals surface area contributed by atoms with Gasteiger partial charge in [-0.1, -0.05) is 13.8 Å². The molecular weight excluding hydrogens is 220 g/mol. The van der Waals surface area contributed by atoms with E-state index >= 15 is 0 Å². The van der Waals surface area contributed by atoms with Gasteiger partial charge in [-0.25, -0.2) is 9.78 Å². The minimum Gasteiger partial charge on any atom is -0.477 e. The Kier molecular flexibility index (Phi) is 4.75. The van der Waals surface area contributed by atoms with Gasteiger partial charge in [0.1, 0.15) is 0 Å². The Morgan fingerprint density at radius 2 is 2.24 bits per heavy atom. The predicted octanol–water partition coefficient (Wildman–Crippen LogP) is 1.88. The fourth-order valence-electron chi connectivity index (χ4n) is 1.16. The van der Waals surface area contributed by atoms with Crippen molar-refractivity contribution in [2.45, 2.75) is 20.8 Å². The largest absolute Gasteiger partial charge is 0.477 e. The van der Waals surface area contributed by atoms with E-state index in [1.165, 1.54) is 12.3 Å². The van der Waals surface area contributed by atoms with Gasteiger partial charge in [0.2, 0.25) is 5.88 Å².